The minimum absolute atomic E-state index is 0.0958. The third kappa shape index (κ3) is 3.05. The Bertz CT molecular complexity index is 1010. The molecule has 0 radical (unpaired) electrons. The van der Waals surface area contributed by atoms with Gasteiger partial charge in [0.2, 0.25) is 0 Å². The van der Waals surface area contributed by atoms with Crippen LogP contribution in [0.25, 0.3) is 10.9 Å². The second-order valence-electron chi connectivity index (χ2n) is 6.41. The molecule has 0 unspecified atom stereocenters. The van der Waals surface area contributed by atoms with E-state index in [1.807, 2.05) is 19.9 Å². The minimum Gasteiger partial charge on any atom is -0.493 e. The Morgan fingerprint density at radius 3 is 3.04 bits per heavy atom. The van der Waals surface area contributed by atoms with E-state index in [0.29, 0.717) is 23.9 Å². The standard InChI is InChI=1S/C20H21N3O4/c1-4-26-16-9-12-8-11(2)27-18(12)17-13(16)10-14(22-17)20(24)23-19-15(25-3)6-5-7-21-19/h5-7,9-11,22H,4,8H2,1-3H3,(H,21,23,24)/t11-/m0/s1. The molecule has 2 aromatic heterocycles. The van der Waals surface area contributed by atoms with Crippen LogP contribution in [0.3, 0.4) is 0 Å². The molecule has 0 aliphatic carbocycles. The first-order valence-corrected chi connectivity index (χ1v) is 8.89. The zero-order valence-corrected chi connectivity index (χ0v) is 15.5. The van der Waals surface area contributed by atoms with Gasteiger partial charge in [0.15, 0.2) is 11.6 Å². The van der Waals surface area contributed by atoms with Crippen molar-refractivity contribution in [2.45, 2.75) is 26.4 Å². The highest BCUT2D eigenvalue weighted by atomic mass is 16.5. The topological polar surface area (TPSA) is 85.5 Å². The number of fused-ring (bicyclic) bond motifs is 3. The maximum atomic E-state index is 12.8. The number of rotatable bonds is 5. The first-order valence-electron chi connectivity index (χ1n) is 8.89. The average molecular weight is 367 g/mol. The molecule has 4 rings (SSSR count). The summed E-state index contributed by atoms with van der Waals surface area (Å²) in [6, 6.07) is 7.26. The van der Waals surface area contributed by atoms with E-state index in [1.165, 1.54) is 7.11 Å². The fraction of sp³-hybridized carbons (Fsp3) is 0.300. The van der Waals surface area contributed by atoms with Gasteiger partial charge in [-0.05, 0) is 38.1 Å². The summed E-state index contributed by atoms with van der Waals surface area (Å²) in [4.78, 5) is 20.1. The molecule has 0 spiro atoms. The molecular formula is C20H21N3O4. The van der Waals surface area contributed by atoms with E-state index in [2.05, 4.69) is 15.3 Å². The minimum atomic E-state index is -0.314. The number of H-pyrrole nitrogens is 1. The molecule has 140 valence electrons. The van der Waals surface area contributed by atoms with E-state index in [1.54, 1.807) is 24.4 Å². The van der Waals surface area contributed by atoms with E-state index in [4.69, 9.17) is 14.2 Å². The molecule has 2 N–H and O–H groups in total. The van der Waals surface area contributed by atoms with Crippen LogP contribution >= 0.6 is 0 Å². The summed E-state index contributed by atoms with van der Waals surface area (Å²) in [6.07, 6.45) is 2.51. The normalized spacial score (nSPS) is 15.3. The molecule has 1 amide bonds. The summed E-state index contributed by atoms with van der Waals surface area (Å²) in [5, 5.41) is 3.60. The number of methoxy groups -OCH3 is 1. The predicted octanol–water partition coefficient (Wildman–Crippen LogP) is 3.55. The van der Waals surface area contributed by atoms with E-state index >= 15 is 0 Å². The molecule has 0 saturated carbocycles. The van der Waals surface area contributed by atoms with Crippen molar-refractivity contribution < 1.29 is 19.0 Å². The molecule has 27 heavy (non-hydrogen) atoms. The lowest BCUT2D eigenvalue weighted by atomic mass is 10.1. The molecule has 7 nitrogen and oxygen atoms in total. The maximum Gasteiger partial charge on any atom is 0.273 e. The summed E-state index contributed by atoms with van der Waals surface area (Å²) in [7, 11) is 1.53. The van der Waals surface area contributed by atoms with Crippen LogP contribution < -0.4 is 19.5 Å². The molecule has 0 fully saturated rings. The number of ether oxygens (including phenoxy) is 3. The van der Waals surface area contributed by atoms with Crippen molar-refractivity contribution in [3.63, 3.8) is 0 Å². The number of carbonyl (C=O) groups is 1. The van der Waals surface area contributed by atoms with E-state index in [-0.39, 0.29) is 12.0 Å². The van der Waals surface area contributed by atoms with Crippen molar-refractivity contribution in [3.8, 4) is 17.2 Å². The zero-order valence-electron chi connectivity index (χ0n) is 15.5. The second kappa shape index (κ2) is 6.83. The van der Waals surface area contributed by atoms with Gasteiger partial charge in [-0.1, -0.05) is 0 Å². The SMILES string of the molecule is CCOc1cc2c(c3[nH]c(C(=O)Nc4ncccc4OC)cc13)O[C@@H](C)C2. The van der Waals surface area contributed by atoms with Crippen molar-refractivity contribution in [3.05, 3.63) is 41.7 Å². The molecule has 3 heterocycles. The summed E-state index contributed by atoms with van der Waals surface area (Å²) in [5.41, 5.74) is 2.26. The number of nitrogens with zero attached hydrogens (tertiary/aromatic N) is 1. The van der Waals surface area contributed by atoms with Crippen LogP contribution in [0.2, 0.25) is 0 Å². The molecule has 1 aromatic carbocycles. The third-order valence-corrected chi connectivity index (χ3v) is 4.50. The van der Waals surface area contributed by atoms with Gasteiger partial charge >= 0.3 is 0 Å². The Morgan fingerprint density at radius 1 is 1.41 bits per heavy atom. The molecular weight excluding hydrogens is 346 g/mol. The number of benzene rings is 1. The fourth-order valence-corrected chi connectivity index (χ4v) is 3.35. The second-order valence-corrected chi connectivity index (χ2v) is 6.41. The highest BCUT2D eigenvalue weighted by molar-refractivity contribution is 6.07. The van der Waals surface area contributed by atoms with Crippen LogP contribution in [0.1, 0.15) is 29.9 Å². The van der Waals surface area contributed by atoms with Crippen molar-refractivity contribution in [1.82, 2.24) is 9.97 Å². The molecule has 3 aromatic rings. The van der Waals surface area contributed by atoms with Gasteiger partial charge in [-0.25, -0.2) is 4.98 Å². The number of carbonyl (C=O) groups excluding carboxylic acids is 1. The van der Waals surface area contributed by atoms with Crippen molar-refractivity contribution in [2.24, 2.45) is 0 Å². The number of amides is 1. The molecule has 1 aliphatic rings. The monoisotopic (exact) mass is 367 g/mol. The largest absolute Gasteiger partial charge is 0.493 e. The Kier molecular flexibility index (Phi) is 4.35. The van der Waals surface area contributed by atoms with Gasteiger partial charge in [0.05, 0.1) is 19.2 Å². The number of pyridine rings is 1. The first-order chi connectivity index (χ1) is 13.1. The van der Waals surface area contributed by atoms with Crippen LogP contribution in [0, 0.1) is 0 Å². The van der Waals surface area contributed by atoms with Crippen LogP contribution in [0.5, 0.6) is 17.2 Å². The lowest BCUT2D eigenvalue weighted by molar-refractivity contribution is 0.102. The lowest BCUT2D eigenvalue weighted by Crippen LogP contribution is -2.14. The van der Waals surface area contributed by atoms with Crippen molar-refractivity contribution in [2.75, 3.05) is 19.0 Å². The highest BCUT2D eigenvalue weighted by Gasteiger charge is 2.26. The van der Waals surface area contributed by atoms with Gasteiger partial charge in [0.25, 0.3) is 5.91 Å². The Balaban J connectivity index is 1.74. The Labute approximate surface area is 156 Å². The van der Waals surface area contributed by atoms with E-state index < -0.39 is 0 Å². The number of aromatic nitrogens is 2. The first kappa shape index (κ1) is 17.2. The number of anilines is 1. The van der Waals surface area contributed by atoms with Crippen LogP contribution in [0.15, 0.2) is 30.5 Å². The van der Waals surface area contributed by atoms with Gasteiger partial charge in [-0.2, -0.15) is 0 Å². The quantitative estimate of drug-likeness (QED) is 0.720. The third-order valence-electron chi connectivity index (χ3n) is 4.50. The summed E-state index contributed by atoms with van der Waals surface area (Å²) in [6.45, 7) is 4.50. The summed E-state index contributed by atoms with van der Waals surface area (Å²) >= 11 is 0. The van der Waals surface area contributed by atoms with E-state index in [9.17, 15) is 4.79 Å². The number of hydrogen-bond acceptors (Lipinski definition) is 5. The zero-order chi connectivity index (χ0) is 19.0. The average Bonchev–Trinajstić information content (AvgIpc) is 3.25. The van der Waals surface area contributed by atoms with Crippen LogP contribution in [-0.2, 0) is 6.42 Å². The van der Waals surface area contributed by atoms with Crippen LogP contribution in [0.4, 0.5) is 5.82 Å². The molecule has 0 saturated heterocycles. The Morgan fingerprint density at radius 2 is 2.26 bits per heavy atom. The predicted molar refractivity (Wildman–Crippen MR) is 102 cm³/mol. The van der Waals surface area contributed by atoms with Crippen LogP contribution in [-0.4, -0.2) is 35.7 Å². The van der Waals surface area contributed by atoms with Crippen molar-refractivity contribution >= 4 is 22.6 Å². The van der Waals surface area contributed by atoms with Gasteiger partial charge < -0.3 is 24.5 Å². The molecule has 1 atom stereocenters. The smallest absolute Gasteiger partial charge is 0.273 e. The van der Waals surface area contributed by atoms with Gasteiger partial charge in [-0.15, -0.1) is 0 Å². The Hall–Kier alpha value is -3.22. The van der Waals surface area contributed by atoms with Gasteiger partial charge in [0, 0.05) is 23.6 Å². The maximum absolute atomic E-state index is 12.8. The molecule has 1 aliphatic heterocycles. The fourth-order valence-electron chi connectivity index (χ4n) is 3.35. The summed E-state index contributed by atoms with van der Waals surface area (Å²) in [5.74, 6) is 2.08. The van der Waals surface area contributed by atoms with Gasteiger partial charge in [-0.3, -0.25) is 4.79 Å². The number of nitrogens with one attached hydrogen (secondary N) is 2. The van der Waals surface area contributed by atoms with Crippen molar-refractivity contribution in [1.29, 1.82) is 0 Å². The number of aromatic amines is 1. The lowest BCUT2D eigenvalue weighted by Gasteiger charge is -2.08. The highest BCUT2D eigenvalue weighted by Crippen LogP contribution is 2.41. The summed E-state index contributed by atoms with van der Waals surface area (Å²) < 4.78 is 17.0. The molecule has 0 bridgehead atoms. The van der Waals surface area contributed by atoms with Gasteiger partial charge in [0.1, 0.15) is 23.3 Å². The molecule has 7 heteroatoms. The van der Waals surface area contributed by atoms with E-state index in [0.717, 1.165) is 34.4 Å². The number of hydrogen-bond donors (Lipinski definition) is 2.